The van der Waals surface area contributed by atoms with Crippen molar-refractivity contribution in [1.82, 2.24) is 10.6 Å². The van der Waals surface area contributed by atoms with E-state index in [1.807, 2.05) is 54.6 Å². The summed E-state index contributed by atoms with van der Waals surface area (Å²) in [6.07, 6.45) is 0.701. The van der Waals surface area contributed by atoms with Gasteiger partial charge in [-0.25, -0.2) is 4.79 Å². The van der Waals surface area contributed by atoms with Crippen molar-refractivity contribution in [1.29, 1.82) is 0 Å². The van der Waals surface area contributed by atoms with Gasteiger partial charge in [0.25, 0.3) is 0 Å². The van der Waals surface area contributed by atoms with Crippen LogP contribution < -0.4 is 10.6 Å². The Balaban J connectivity index is 1.64. The van der Waals surface area contributed by atoms with Gasteiger partial charge in [0.1, 0.15) is 0 Å². The number of aliphatic carboxylic acids is 1. The van der Waals surface area contributed by atoms with Gasteiger partial charge in [0.05, 0.1) is 12.1 Å². The number of aliphatic hydroxyl groups excluding tert-OH is 1. The first-order valence-corrected chi connectivity index (χ1v) is 9.11. The molecule has 6 nitrogen and oxygen atoms in total. The van der Waals surface area contributed by atoms with E-state index in [4.69, 9.17) is 5.11 Å². The summed E-state index contributed by atoms with van der Waals surface area (Å²) in [7, 11) is 0. The summed E-state index contributed by atoms with van der Waals surface area (Å²) >= 11 is 0. The number of nitrogens with one attached hydrogen (secondary N) is 2. The predicted molar refractivity (Wildman–Crippen MR) is 101 cm³/mol. The van der Waals surface area contributed by atoms with Crippen LogP contribution in [0.3, 0.4) is 0 Å². The summed E-state index contributed by atoms with van der Waals surface area (Å²) in [5.74, 6) is -0.893. The Morgan fingerprint density at radius 3 is 2.52 bits per heavy atom. The highest BCUT2D eigenvalue weighted by Crippen LogP contribution is 2.31. The first kappa shape index (κ1) is 18.9. The van der Waals surface area contributed by atoms with Crippen LogP contribution in [0.5, 0.6) is 0 Å². The Labute approximate surface area is 158 Å². The highest BCUT2D eigenvalue weighted by Gasteiger charge is 2.32. The largest absolute Gasteiger partial charge is 0.481 e. The molecule has 2 aromatic rings. The van der Waals surface area contributed by atoms with Gasteiger partial charge >= 0.3 is 12.0 Å². The number of benzene rings is 2. The molecule has 0 saturated heterocycles. The van der Waals surface area contributed by atoms with Crippen molar-refractivity contribution in [2.24, 2.45) is 0 Å². The van der Waals surface area contributed by atoms with Gasteiger partial charge in [0.15, 0.2) is 0 Å². The number of fused-ring (bicyclic) bond motifs is 1. The van der Waals surface area contributed by atoms with E-state index in [0.29, 0.717) is 19.3 Å². The number of hydrogen-bond donors (Lipinski definition) is 4. The van der Waals surface area contributed by atoms with Crippen LogP contribution in [0.15, 0.2) is 54.6 Å². The fourth-order valence-electron chi connectivity index (χ4n) is 3.54. The Hall–Kier alpha value is -2.86. The molecule has 0 radical (unpaired) electrons. The van der Waals surface area contributed by atoms with Crippen molar-refractivity contribution in [3.63, 3.8) is 0 Å². The Bertz CT molecular complexity index is 794. The lowest BCUT2D eigenvalue weighted by Crippen LogP contribution is -2.46. The summed E-state index contributed by atoms with van der Waals surface area (Å²) in [5, 5.41) is 25.0. The van der Waals surface area contributed by atoms with Crippen LogP contribution in [0.25, 0.3) is 0 Å². The first-order valence-electron chi connectivity index (χ1n) is 9.11. The Kier molecular flexibility index (Phi) is 6.08. The molecule has 27 heavy (non-hydrogen) atoms. The number of rotatable bonds is 7. The van der Waals surface area contributed by atoms with Crippen LogP contribution in [-0.4, -0.2) is 34.4 Å². The van der Waals surface area contributed by atoms with Gasteiger partial charge in [0, 0.05) is 18.9 Å². The molecule has 142 valence electrons. The van der Waals surface area contributed by atoms with E-state index < -0.39 is 24.1 Å². The lowest BCUT2D eigenvalue weighted by atomic mass is 10.0. The summed E-state index contributed by atoms with van der Waals surface area (Å²) < 4.78 is 0. The molecule has 0 aliphatic heterocycles. The molecule has 0 spiro atoms. The van der Waals surface area contributed by atoms with Crippen molar-refractivity contribution in [3.05, 3.63) is 71.3 Å². The molecule has 1 aliphatic rings. The molecule has 6 heteroatoms. The lowest BCUT2D eigenvalue weighted by molar-refractivity contribution is -0.137. The zero-order chi connectivity index (χ0) is 19.2. The average Bonchev–Trinajstić information content (AvgIpc) is 2.96. The van der Waals surface area contributed by atoms with Crippen LogP contribution in [-0.2, 0) is 17.6 Å². The second-order valence-corrected chi connectivity index (χ2v) is 6.88. The zero-order valence-corrected chi connectivity index (χ0v) is 15.0. The predicted octanol–water partition coefficient (Wildman–Crippen LogP) is 2.42. The van der Waals surface area contributed by atoms with E-state index >= 15 is 0 Å². The molecule has 0 heterocycles. The van der Waals surface area contributed by atoms with E-state index in [1.54, 1.807) is 0 Å². The van der Waals surface area contributed by atoms with Crippen LogP contribution in [0.1, 0.15) is 35.6 Å². The van der Waals surface area contributed by atoms with Gasteiger partial charge in [-0.05, 0) is 29.5 Å². The van der Waals surface area contributed by atoms with Crippen LogP contribution >= 0.6 is 0 Å². The van der Waals surface area contributed by atoms with Gasteiger partial charge < -0.3 is 20.8 Å². The SMILES string of the molecule is O=C(O)CCC(Cc1ccccc1)NC(=O)NC1c2ccccc2CC1O. The molecule has 0 fully saturated rings. The maximum Gasteiger partial charge on any atom is 0.315 e. The molecule has 4 N–H and O–H groups in total. The average molecular weight is 368 g/mol. The molecular weight excluding hydrogens is 344 g/mol. The molecule has 2 aromatic carbocycles. The maximum atomic E-state index is 12.5. The normalized spacial score (nSPS) is 19.1. The minimum absolute atomic E-state index is 0.0212. The second kappa shape index (κ2) is 8.68. The summed E-state index contributed by atoms with van der Waals surface area (Å²) in [6, 6.07) is 16.1. The van der Waals surface area contributed by atoms with Crippen molar-refractivity contribution < 1.29 is 19.8 Å². The second-order valence-electron chi connectivity index (χ2n) is 6.88. The molecule has 3 unspecified atom stereocenters. The van der Waals surface area contributed by atoms with Crippen LogP contribution in [0, 0.1) is 0 Å². The van der Waals surface area contributed by atoms with Gasteiger partial charge in [-0.1, -0.05) is 54.6 Å². The third kappa shape index (κ3) is 5.08. The number of aliphatic hydroxyl groups is 1. The molecule has 1 aliphatic carbocycles. The Morgan fingerprint density at radius 2 is 1.78 bits per heavy atom. The minimum atomic E-state index is -0.893. The topological polar surface area (TPSA) is 98.7 Å². The van der Waals surface area contributed by atoms with E-state index in [9.17, 15) is 14.7 Å². The fraction of sp³-hybridized carbons (Fsp3) is 0.333. The summed E-state index contributed by atoms with van der Waals surface area (Å²) in [6.45, 7) is 0. The van der Waals surface area contributed by atoms with Gasteiger partial charge in [-0.15, -0.1) is 0 Å². The van der Waals surface area contributed by atoms with Crippen molar-refractivity contribution in [2.75, 3.05) is 0 Å². The molecule has 3 atom stereocenters. The Morgan fingerprint density at radius 1 is 1.07 bits per heavy atom. The molecular formula is C21H24N2O4. The van der Waals surface area contributed by atoms with E-state index in [2.05, 4.69) is 10.6 Å². The van der Waals surface area contributed by atoms with Gasteiger partial charge in [-0.2, -0.15) is 0 Å². The molecule has 0 aromatic heterocycles. The monoisotopic (exact) mass is 368 g/mol. The summed E-state index contributed by atoms with van der Waals surface area (Å²) in [4.78, 5) is 23.5. The van der Waals surface area contributed by atoms with Crippen molar-refractivity contribution in [3.8, 4) is 0 Å². The van der Waals surface area contributed by atoms with Crippen molar-refractivity contribution in [2.45, 2.75) is 43.9 Å². The third-order valence-electron chi connectivity index (χ3n) is 4.86. The van der Waals surface area contributed by atoms with Gasteiger partial charge in [-0.3, -0.25) is 4.79 Å². The number of hydrogen-bond acceptors (Lipinski definition) is 3. The number of amides is 2. The quantitative estimate of drug-likeness (QED) is 0.603. The standard InChI is InChI=1S/C21H24N2O4/c24-18-13-15-8-4-5-9-17(15)20(18)23-21(27)22-16(10-11-19(25)26)12-14-6-2-1-3-7-14/h1-9,16,18,20,24H,10-13H2,(H,25,26)(H2,22,23,27). The highest BCUT2D eigenvalue weighted by molar-refractivity contribution is 5.75. The number of urea groups is 1. The first-order chi connectivity index (χ1) is 13.0. The highest BCUT2D eigenvalue weighted by atomic mass is 16.4. The van der Waals surface area contributed by atoms with E-state index in [1.165, 1.54) is 0 Å². The molecule has 0 saturated carbocycles. The zero-order valence-electron chi connectivity index (χ0n) is 15.0. The lowest BCUT2D eigenvalue weighted by Gasteiger charge is -2.22. The summed E-state index contributed by atoms with van der Waals surface area (Å²) in [5.41, 5.74) is 2.98. The number of carboxylic acid groups (broad SMARTS) is 1. The fourth-order valence-corrected chi connectivity index (χ4v) is 3.54. The molecule has 0 bridgehead atoms. The minimum Gasteiger partial charge on any atom is -0.481 e. The smallest absolute Gasteiger partial charge is 0.315 e. The molecule has 3 rings (SSSR count). The number of carbonyl (C=O) groups is 2. The number of carboxylic acids is 1. The third-order valence-corrected chi connectivity index (χ3v) is 4.86. The van der Waals surface area contributed by atoms with Crippen LogP contribution in [0.2, 0.25) is 0 Å². The van der Waals surface area contributed by atoms with Crippen molar-refractivity contribution >= 4 is 12.0 Å². The number of carbonyl (C=O) groups excluding carboxylic acids is 1. The maximum absolute atomic E-state index is 12.5. The van der Waals surface area contributed by atoms with Crippen LogP contribution in [0.4, 0.5) is 4.79 Å². The van der Waals surface area contributed by atoms with E-state index in [0.717, 1.165) is 16.7 Å². The van der Waals surface area contributed by atoms with Gasteiger partial charge in [0.2, 0.25) is 0 Å². The molecule has 2 amide bonds. The van der Waals surface area contributed by atoms with E-state index in [-0.39, 0.29) is 12.5 Å².